The first-order chi connectivity index (χ1) is 10.5. The van der Waals surface area contributed by atoms with E-state index < -0.39 is 11.5 Å². The minimum absolute atomic E-state index is 0.132. The van der Waals surface area contributed by atoms with Crippen LogP contribution in [0.4, 0.5) is 0 Å². The van der Waals surface area contributed by atoms with Crippen LogP contribution in [0.5, 0.6) is 0 Å². The van der Waals surface area contributed by atoms with E-state index in [0.29, 0.717) is 12.2 Å². The van der Waals surface area contributed by atoms with Crippen molar-refractivity contribution in [2.75, 3.05) is 13.7 Å². The van der Waals surface area contributed by atoms with Gasteiger partial charge in [0.05, 0.1) is 18.7 Å². The van der Waals surface area contributed by atoms with Gasteiger partial charge in [0, 0.05) is 18.0 Å². The van der Waals surface area contributed by atoms with Crippen LogP contribution in [0.1, 0.15) is 41.5 Å². The molecular weight excluding hydrogens is 292 g/mol. The van der Waals surface area contributed by atoms with Crippen LogP contribution in [-0.4, -0.2) is 42.5 Å². The highest BCUT2D eigenvalue weighted by molar-refractivity contribution is 5.88. The molecule has 132 valence electrons. The van der Waals surface area contributed by atoms with Crippen molar-refractivity contribution in [2.24, 2.45) is 17.1 Å². The van der Waals surface area contributed by atoms with Crippen LogP contribution >= 0.6 is 0 Å². The van der Waals surface area contributed by atoms with Gasteiger partial charge in [-0.2, -0.15) is 0 Å². The highest BCUT2D eigenvalue weighted by Crippen LogP contribution is 2.23. The number of likely N-dealkylation sites (N-methyl/N-ethyl adjacent to an activating group) is 1. The van der Waals surface area contributed by atoms with Crippen molar-refractivity contribution in [3.05, 3.63) is 24.3 Å². The zero-order valence-electron chi connectivity index (χ0n) is 15.6. The van der Waals surface area contributed by atoms with Crippen LogP contribution in [0.3, 0.4) is 0 Å². The van der Waals surface area contributed by atoms with Crippen LogP contribution in [0.2, 0.25) is 0 Å². The maximum atomic E-state index is 12.7. The normalized spacial score (nSPS) is 15.1. The maximum Gasteiger partial charge on any atom is 0.333 e. The summed E-state index contributed by atoms with van der Waals surface area (Å²) in [5, 5.41) is 0. The van der Waals surface area contributed by atoms with Crippen LogP contribution in [0.15, 0.2) is 24.3 Å². The van der Waals surface area contributed by atoms with Gasteiger partial charge in [-0.1, -0.05) is 39.8 Å². The number of esters is 1. The van der Waals surface area contributed by atoms with Gasteiger partial charge in [0.15, 0.2) is 0 Å². The van der Waals surface area contributed by atoms with Gasteiger partial charge in [-0.15, -0.1) is 6.58 Å². The van der Waals surface area contributed by atoms with Crippen molar-refractivity contribution in [1.29, 1.82) is 0 Å². The van der Waals surface area contributed by atoms with E-state index in [-0.39, 0.29) is 23.8 Å². The zero-order valence-corrected chi connectivity index (χ0v) is 15.6. The summed E-state index contributed by atoms with van der Waals surface area (Å²) in [6, 6.07) is -0.930. The van der Waals surface area contributed by atoms with Gasteiger partial charge in [-0.05, 0) is 19.8 Å². The molecule has 0 saturated heterocycles. The fraction of sp³-hybridized carbons (Fsp3) is 0.667. The second-order valence-electron chi connectivity index (χ2n) is 6.76. The van der Waals surface area contributed by atoms with Gasteiger partial charge in [-0.25, -0.2) is 4.79 Å². The maximum absolute atomic E-state index is 12.7. The first-order valence-electron chi connectivity index (χ1n) is 8.00. The molecular formula is C18H32N2O3. The first kappa shape index (κ1) is 21.4. The molecule has 23 heavy (non-hydrogen) atoms. The van der Waals surface area contributed by atoms with Crippen LogP contribution < -0.4 is 5.73 Å². The monoisotopic (exact) mass is 324 g/mol. The number of nitrogens with zero attached hydrogens (tertiary/aromatic N) is 1. The number of amides is 1. The number of rotatable bonds is 8. The van der Waals surface area contributed by atoms with Crippen molar-refractivity contribution in [1.82, 2.24) is 4.90 Å². The molecule has 0 fully saturated rings. The fourth-order valence-corrected chi connectivity index (χ4v) is 2.13. The summed E-state index contributed by atoms with van der Waals surface area (Å²) in [7, 11) is 1.71. The number of hydrogen-bond donors (Lipinski definition) is 1. The van der Waals surface area contributed by atoms with Gasteiger partial charge in [0.2, 0.25) is 5.91 Å². The molecule has 2 atom stereocenters. The van der Waals surface area contributed by atoms with E-state index in [1.165, 1.54) is 0 Å². The molecule has 0 aromatic carbocycles. The SMILES string of the molecule is C=CC(C)(C)C(N)C(=O)N(C)[C@H](C=C(C)C(=O)OCC)C(C)C. The molecule has 0 aromatic heterocycles. The van der Waals surface area contributed by atoms with Crippen LogP contribution in [-0.2, 0) is 14.3 Å². The Morgan fingerprint density at radius 1 is 1.35 bits per heavy atom. The summed E-state index contributed by atoms with van der Waals surface area (Å²) in [4.78, 5) is 26.1. The molecule has 0 saturated carbocycles. The lowest BCUT2D eigenvalue weighted by Gasteiger charge is -2.35. The third-order valence-electron chi connectivity index (χ3n) is 4.09. The predicted octanol–water partition coefficient (Wildman–Crippen LogP) is 2.52. The molecule has 0 aromatic rings. The molecule has 0 aliphatic rings. The van der Waals surface area contributed by atoms with Crippen molar-refractivity contribution in [3.8, 4) is 0 Å². The average Bonchev–Trinajstić information content (AvgIpc) is 2.49. The highest BCUT2D eigenvalue weighted by atomic mass is 16.5. The summed E-state index contributed by atoms with van der Waals surface area (Å²) < 4.78 is 4.99. The standard InChI is InChI=1S/C18H32N2O3/c1-9-18(6,7)15(19)16(21)20(8)14(12(3)4)11-13(5)17(22)23-10-2/h9,11-12,14-15H,1,10,19H2,2-8H3/t14-,15?/m1/s1. The van der Waals surface area contributed by atoms with E-state index in [1.54, 1.807) is 37.9 Å². The number of carbonyl (C=O) groups is 2. The van der Waals surface area contributed by atoms with Crippen molar-refractivity contribution < 1.29 is 14.3 Å². The van der Waals surface area contributed by atoms with Crippen molar-refractivity contribution in [3.63, 3.8) is 0 Å². The Hall–Kier alpha value is -1.62. The summed E-state index contributed by atoms with van der Waals surface area (Å²) in [6.45, 7) is 15.3. The second kappa shape index (κ2) is 8.87. The lowest BCUT2D eigenvalue weighted by atomic mass is 9.84. The van der Waals surface area contributed by atoms with Gasteiger partial charge < -0.3 is 15.4 Å². The average molecular weight is 324 g/mol. The lowest BCUT2D eigenvalue weighted by Crippen LogP contribution is -2.53. The van der Waals surface area contributed by atoms with E-state index in [2.05, 4.69) is 6.58 Å². The molecule has 5 nitrogen and oxygen atoms in total. The highest BCUT2D eigenvalue weighted by Gasteiger charge is 2.34. The summed E-state index contributed by atoms with van der Waals surface area (Å²) in [5.74, 6) is -0.413. The number of ether oxygens (including phenoxy) is 1. The topological polar surface area (TPSA) is 72.6 Å². The van der Waals surface area contributed by atoms with Crippen LogP contribution in [0.25, 0.3) is 0 Å². The summed E-state index contributed by atoms with van der Waals surface area (Å²) >= 11 is 0. The van der Waals surface area contributed by atoms with Gasteiger partial charge in [0.1, 0.15) is 0 Å². The number of carbonyl (C=O) groups excluding carboxylic acids is 2. The molecule has 0 aliphatic heterocycles. The minimum Gasteiger partial charge on any atom is -0.463 e. The fourth-order valence-electron chi connectivity index (χ4n) is 2.13. The van der Waals surface area contributed by atoms with E-state index >= 15 is 0 Å². The van der Waals surface area contributed by atoms with Gasteiger partial charge >= 0.3 is 5.97 Å². The Bertz CT molecular complexity index is 467. The third-order valence-corrected chi connectivity index (χ3v) is 4.09. The van der Waals surface area contributed by atoms with E-state index in [4.69, 9.17) is 10.5 Å². The molecule has 0 spiro atoms. The molecule has 0 rings (SSSR count). The Balaban J connectivity index is 5.39. The van der Waals surface area contributed by atoms with E-state index in [0.717, 1.165) is 0 Å². The lowest BCUT2D eigenvalue weighted by molar-refractivity contribution is -0.139. The molecule has 0 bridgehead atoms. The van der Waals surface area contributed by atoms with Crippen molar-refractivity contribution >= 4 is 11.9 Å². The Kier molecular flexibility index (Phi) is 8.24. The smallest absolute Gasteiger partial charge is 0.333 e. The molecule has 0 radical (unpaired) electrons. The van der Waals surface area contributed by atoms with E-state index in [9.17, 15) is 9.59 Å². The molecule has 0 aliphatic carbocycles. The Morgan fingerprint density at radius 3 is 2.26 bits per heavy atom. The van der Waals surface area contributed by atoms with Crippen molar-refractivity contribution in [2.45, 2.75) is 53.6 Å². The third kappa shape index (κ3) is 5.82. The van der Waals surface area contributed by atoms with Crippen LogP contribution in [0, 0.1) is 11.3 Å². The summed E-state index contributed by atoms with van der Waals surface area (Å²) in [5.41, 5.74) is 6.09. The summed E-state index contributed by atoms with van der Waals surface area (Å²) in [6.07, 6.45) is 3.46. The number of nitrogens with two attached hydrogens (primary N) is 1. The molecule has 2 N–H and O–H groups in total. The minimum atomic E-state index is -0.692. The van der Waals surface area contributed by atoms with Gasteiger partial charge in [-0.3, -0.25) is 4.79 Å². The molecule has 1 amide bonds. The number of hydrogen-bond acceptors (Lipinski definition) is 4. The van der Waals surface area contributed by atoms with E-state index in [1.807, 2.05) is 27.7 Å². The molecule has 0 heterocycles. The second-order valence-corrected chi connectivity index (χ2v) is 6.76. The predicted molar refractivity (Wildman–Crippen MR) is 93.7 cm³/mol. The Labute approximate surface area is 140 Å². The molecule has 5 heteroatoms. The van der Waals surface area contributed by atoms with Gasteiger partial charge in [0.25, 0.3) is 0 Å². The Morgan fingerprint density at radius 2 is 1.87 bits per heavy atom. The molecule has 1 unspecified atom stereocenters. The largest absolute Gasteiger partial charge is 0.463 e. The first-order valence-corrected chi connectivity index (χ1v) is 8.00. The quantitative estimate of drug-likeness (QED) is 0.423. The zero-order chi connectivity index (χ0) is 18.4.